The number of hydrogen-bond acceptors (Lipinski definition) is 4. The standard InChI is InChI=1S/C22H36N4O2.HI/c1-21(2)17-26(22(21,3)4)20(23-5)24-16-18-7-6-8-19(15-18)28-14-11-25-9-12-27-13-10-25;/h6-8,15H,9-14,16-17H2,1-5H3,(H,23,24);1H. The summed E-state index contributed by atoms with van der Waals surface area (Å²) < 4.78 is 11.4. The summed E-state index contributed by atoms with van der Waals surface area (Å²) in [6, 6.07) is 8.32. The Bertz CT molecular complexity index is 687. The van der Waals surface area contributed by atoms with E-state index in [-0.39, 0.29) is 29.5 Å². The Morgan fingerprint density at radius 3 is 2.55 bits per heavy atom. The quantitative estimate of drug-likeness (QED) is 0.358. The van der Waals surface area contributed by atoms with Crippen LogP contribution in [0.2, 0.25) is 0 Å². The second-order valence-corrected chi connectivity index (χ2v) is 8.88. The second kappa shape index (κ2) is 10.3. The van der Waals surface area contributed by atoms with Crippen LogP contribution in [0.5, 0.6) is 5.75 Å². The second-order valence-electron chi connectivity index (χ2n) is 8.88. The maximum absolute atomic E-state index is 5.97. The van der Waals surface area contributed by atoms with Gasteiger partial charge in [0.1, 0.15) is 12.4 Å². The maximum Gasteiger partial charge on any atom is 0.194 e. The normalized spacial score (nSPS) is 21.1. The highest BCUT2D eigenvalue weighted by molar-refractivity contribution is 14.0. The lowest BCUT2D eigenvalue weighted by Gasteiger charge is -2.62. The Morgan fingerprint density at radius 1 is 1.21 bits per heavy atom. The van der Waals surface area contributed by atoms with Gasteiger partial charge in [-0.1, -0.05) is 26.0 Å². The van der Waals surface area contributed by atoms with Gasteiger partial charge in [-0.25, -0.2) is 0 Å². The van der Waals surface area contributed by atoms with Gasteiger partial charge in [-0.05, 0) is 31.5 Å². The average Bonchev–Trinajstić information content (AvgIpc) is 2.69. The molecule has 1 N–H and O–H groups in total. The molecule has 0 aliphatic carbocycles. The van der Waals surface area contributed by atoms with Crippen LogP contribution < -0.4 is 10.1 Å². The van der Waals surface area contributed by atoms with Crippen LogP contribution in [0.4, 0.5) is 0 Å². The Balaban J connectivity index is 0.00000300. The van der Waals surface area contributed by atoms with Crippen molar-refractivity contribution in [3.8, 4) is 5.75 Å². The van der Waals surface area contributed by atoms with Crippen molar-refractivity contribution >= 4 is 29.9 Å². The third kappa shape index (κ3) is 5.76. The summed E-state index contributed by atoms with van der Waals surface area (Å²) in [5, 5.41) is 3.51. The van der Waals surface area contributed by atoms with Crippen LogP contribution >= 0.6 is 24.0 Å². The van der Waals surface area contributed by atoms with Crippen molar-refractivity contribution in [3.05, 3.63) is 29.8 Å². The van der Waals surface area contributed by atoms with Crippen LogP contribution in [-0.4, -0.2) is 74.3 Å². The Labute approximate surface area is 193 Å². The molecule has 0 unspecified atom stereocenters. The minimum absolute atomic E-state index is 0. The Hall–Kier alpha value is -1.06. The number of rotatable bonds is 6. The lowest BCUT2D eigenvalue weighted by atomic mass is 9.65. The molecule has 2 fully saturated rings. The summed E-state index contributed by atoms with van der Waals surface area (Å²) >= 11 is 0. The molecule has 0 saturated carbocycles. The minimum Gasteiger partial charge on any atom is -0.492 e. The molecule has 7 heteroatoms. The summed E-state index contributed by atoms with van der Waals surface area (Å²) in [6.07, 6.45) is 0. The molecule has 6 nitrogen and oxygen atoms in total. The molecule has 2 aliphatic heterocycles. The number of nitrogens with zero attached hydrogens (tertiary/aromatic N) is 3. The van der Waals surface area contributed by atoms with E-state index in [9.17, 15) is 0 Å². The molecule has 0 atom stereocenters. The van der Waals surface area contributed by atoms with Crippen molar-refractivity contribution < 1.29 is 9.47 Å². The highest BCUT2D eigenvalue weighted by Crippen LogP contribution is 2.46. The molecule has 0 amide bonds. The van der Waals surface area contributed by atoms with Gasteiger partial charge < -0.3 is 19.7 Å². The Kier molecular flexibility index (Phi) is 8.60. The van der Waals surface area contributed by atoms with Crippen molar-refractivity contribution in [3.63, 3.8) is 0 Å². The van der Waals surface area contributed by atoms with Gasteiger partial charge in [0.25, 0.3) is 0 Å². The molecule has 0 bridgehead atoms. The predicted octanol–water partition coefficient (Wildman–Crippen LogP) is 3.21. The molecule has 1 aromatic carbocycles. The van der Waals surface area contributed by atoms with Gasteiger partial charge in [-0.3, -0.25) is 9.89 Å². The fourth-order valence-electron chi connectivity index (χ4n) is 3.74. The van der Waals surface area contributed by atoms with Crippen molar-refractivity contribution in [2.24, 2.45) is 10.4 Å². The van der Waals surface area contributed by atoms with E-state index in [2.05, 4.69) is 66.0 Å². The number of nitrogens with one attached hydrogen (secondary N) is 1. The molecule has 3 rings (SSSR count). The largest absolute Gasteiger partial charge is 0.492 e. The van der Waals surface area contributed by atoms with E-state index >= 15 is 0 Å². The number of aliphatic imine (C=N–C) groups is 1. The van der Waals surface area contributed by atoms with E-state index in [1.165, 1.54) is 5.56 Å². The van der Waals surface area contributed by atoms with E-state index in [1.807, 2.05) is 13.1 Å². The number of benzene rings is 1. The van der Waals surface area contributed by atoms with Crippen LogP contribution in [0.1, 0.15) is 33.3 Å². The lowest BCUT2D eigenvalue weighted by molar-refractivity contribution is -0.0667. The first kappa shape index (κ1) is 24.2. The molecular weight excluding hydrogens is 479 g/mol. The monoisotopic (exact) mass is 516 g/mol. The fourth-order valence-corrected chi connectivity index (χ4v) is 3.74. The molecule has 2 saturated heterocycles. The van der Waals surface area contributed by atoms with Gasteiger partial charge in [0.15, 0.2) is 5.96 Å². The molecule has 29 heavy (non-hydrogen) atoms. The molecule has 0 aromatic heterocycles. The van der Waals surface area contributed by atoms with Crippen LogP contribution in [0.15, 0.2) is 29.3 Å². The number of halogens is 1. The molecule has 0 spiro atoms. The molecule has 0 radical (unpaired) electrons. The third-order valence-corrected chi connectivity index (χ3v) is 6.48. The summed E-state index contributed by atoms with van der Waals surface area (Å²) in [7, 11) is 1.86. The number of hydrogen-bond donors (Lipinski definition) is 1. The summed E-state index contributed by atoms with van der Waals surface area (Å²) in [5.74, 6) is 1.89. The first-order valence-electron chi connectivity index (χ1n) is 10.3. The number of morpholine rings is 1. The SMILES string of the molecule is CN=C(NCc1cccc(OCCN2CCOCC2)c1)N1CC(C)(C)C1(C)C.I. The summed E-state index contributed by atoms with van der Waals surface area (Å²) in [4.78, 5) is 9.24. The van der Waals surface area contributed by atoms with E-state index in [1.54, 1.807) is 0 Å². The molecular formula is C22H37IN4O2. The lowest BCUT2D eigenvalue weighted by Crippen LogP contribution is -2.72. The van der Waals surface area contributed by atoms with Gasteiger partial charge >= 0.3 is 0 Å². The Morgan fingerprint density at radius 2 is 1.93 bits per heavy atom. The summed E-state index contributed by atoms with van der Waals surface area (Å²) in [6.45, 7) is 16.2. The van der Waals surface area contributed by atoms with Crippen molar-refractivity contribution in [2.45, 2.75) is 39.8 Å². The van der Waals surface area contributed by atoms with Gasteiger partial charge in [0, 0.05) is 50.7 Å². The van der Waals surface area contributed by atoms with Crippen LogP contribution in [0.3, 0.4) is 0 Å². The highest BCUT2D eigenvalue weighted by Gasteiger charge is 2.53. The number of guanidine groups is 1. The van der Waals surface area contributed by atoms with Crippen LogP contribution in [0, 0.1) is 5.41 Å². The van der Waals surface area contributed by atoms with Crippen LogP contribution in [0.25, 0.3) is 0 Å². The first-order chi connectivity index (χ1) is 13.3. The third-order valence-electron chi connectivity index (χ3n) is 6.48. The zero-order chi connectivity index (χ0) is 20.2. The zero-order valence-electron chi connectivity index (χ0n) is 18.5. The molecule has 164 valence electrons. The summed E-state index contributed by atoms with van der Waals surface area (Å²) in [5.41, 5.74) is 1.58. The number of likely N-dealkylation sites (tertiary alicyclic amines) is 1. The van der Waals surface area contributed by atoms with Crippen LogP contribution in [-0.2, 0) is 11.3 Å². The van der Waals surface area contributed by atoms with Crippen molar-refractivity contribution in [1.82, 2.24) is 15.1 Å². The highest BCUT2D eigenvalue weighted by atomic mass is 127. The van der Waals surface area contributed by atoms with Crippen molar-refractivity contribution in [1.29, 1.82) is 0 Å². The predicted molar refractivity (Wildman–Crippen MR) is 129 cm³/mol. The van der Waals surface area contributed by atoms with E-state index in [0.29, 0.717) is 12.0 Å². The smallest absolute Gasteiger partial charge is 0.194 e. The number of ether oxygens (including phenoxy) is 2. The average molecular weight is 516 g/mol. The van der Waals surface area contributed by atoms with Gasteiger partial charge in [0.05, 0.1) is 13.2 Å². The van der Waals surface area contributed by atoms with Crippen molar-refractivity contribution in [2.75, 3.05) is 53.0 Å². The van der Waals surface area contributed by atoms with E-state index in [0.717, 1.165) is 57.6 Å². The molecule has 2 heterocycles. The fraction of sp³-hybridized carbons (Fsp3) is 0.682. The molecule has 2 aliphatic rings. The van der Waals surface area contributed by atoms with Gasteiger partial charge in [0.2, 0.25) is 0 Å². The van der Waals surface area contributed by atoms with Gasteiger partial charge in [-0.15, -0.1) is 24.0 Å². The van der Waals surface area contributed by atoms with E-state index in [4.69, 9.17) is 9.47 Å². The topological polar surface area (TPSA) is 49.3 Å². The molecule has 1 aromatic rings. The van der Waals surface area contributed by atoms with Gasteiger partial charge in [-0.2, -0.15) is 0 Å². The first-order valence-corrected chi connectivity index (χ1v) is 10.3. The maximum atomic E-state index is 5.97. The minimum atomic E-state index is 0. The van der Waals surface area contributed by atoms with E-state index < -0.39 is 0 Å². The zero-order valence-corrected chi connectivity index (χ0v) is 20.9.